The Morgan fingerprint density at radius 2 is 2.12 bits per heavy atom. The van der Waals surface area contributed by atoms with Gasteiger partial charge in [0.1, 0.15) is 11.1 Å². The van der Waals surface area contributed by atoms with E-state index in [2.05, 4.69) is 15.3 Å². The third-order valence-corrected chi connectivity index (χ3v) is 2.44. The van der Waals surface area contributed by atoms with E-state index in [0.29, 0.717) is 5.82 Å². The van der Waals surface area contributed by atoms with E-state index in [4.69, 9.17) is 28.9 Å². The number of aromatic nitrogens is 2. The topological polar surface area (TPSA) is 80.9 Å². The average molecular weight is 263 g/mol. The Morgan fingerprint density at radius 1 is 1.50 bits per heavy atom. The molecule has 1 atom stereocenters. The standard InChI is InChI=1S/C9H12Cl2N4O/c1-4(2)6(7(12)16)14-8-5(10)3-13-9(11)15-8/h3-4,6H,1-2H3,(H2,12,16)(H,13,14,15). The van der Waals surface area contributed by atoms with Gasteiger partial charge in [-0.1, -0.05) is 25.4 Å². The van der Waals surface area contributed by atoms with Crippen LogP contribution in [0.3, 0.4) is 0 Å². The van der Waals surface area contributed by atoms with E-state index < -0.39 is 11.9 Å². The highest BCUT2D eigenvalue weighted by atomic mass is 35.5. The second kappa shape index (κ2) is 5.32. The number of rotatable bonds is 4. The van der Waals surface area contributed by atoms with Crippen molar-refractivity contribution in [2.24, 2.45) is 11.7 Å². The van der Waals surface area contributed by atoms with Gasteiger partial charge in [0.25, 0.3) is 0 Å². The van der Waals surface area contributed by atoms with Crippen molar-refractivity contribution in [1.82, 2.24) is 9.97 Å². The van der Waals surface area contributed by atoms with Crippen molar-refractivity contribution >= 4 is 34.9 Å². The summed E-state index contributed by atoms with van der Waals surface area (Å²) >= 11 is 11.5. The molecule has 0 bridgehead atoms. The van der Waals surface area contributed by atoms with Gasteiger partial charge in [-0.3, -0.25) is 4.79 Å². The maximum atomic E-state index is 11.2. The normalized spacial score (nSPS) is 12.6. The zero-order chi connectivity index (χ0) is 12.3. The Labute approximate surface area is 103 Å². The molecule has 0 saturated carbocycles. The molecule has 7 heteroatoms. The molecular formula is C9H12Cl2N4O. The number of anilines is 1. The fraction of sp³-hybridized carbons (Fsp3) is 0.444. The molecule has 0 aliphatic heterocycles. The first-order valence-corrected chi connectivity index (χ1v) is 5.41. The highest BCUT2D eigenvalue weighted by Gasteiger charge is 2.20. The monoisotopic (exact) mass is 262 g/mol. The maximum absolute atomic E-state index is 11.2. The van der Waals surface area contributed by atoms with E-state index in [0.717, 1.165) is 0 Å². The Kier molecular flexibility index (Phi) is 4.32. The number of amides is 1. The van der Waals surface area contributed by atoms with Crippen LogP contribution < -0.4 is 11.1 Å². The lowest BCUT2D eigenvalue weighted by Gasteiger charge is -2.19. The van der Waals surface area contributed by atoms with Gasteiger partial charge in [0.05, 0.1) is 6.20 Å². The zero-order valence-corrected chi connectivity index (χ0v) is 10.4. The van der Waals surface area contributed by atoms with E-state index in [9.17, 15) is 4.79 Å². The number of hydrogen-bond acceptors (Lipinski definition) is 4. The number of halogens is 2. The van der Waals surface area contributed by atoms with Crippen LogP contribution in [-0.2, 0) is 4.79 Å². The largest absolute Gasteiger partial charge is 0.368 e. The van der Waals surface area contributed by atoms with Gasteiger partial charge in [-0.2, -0.15) is 4.98 Å². The van der Waals surface area contributed by atoms with E-state index >= 15 is 0 Å². The van der Waals surface area contributed by atoms with Gasteiger partial charge in [0, 0.05) is 0 Å². The van der Waals surface area contributed by atoms with Crippen LogP contribution in [0.5, 0.6) is 0 Å². The van der Waals surface area contributed by atoms with E-state index in [1.807, 2.05) is 13.8 Å². The summed E-state index contributed by atoms with van der Waals surface area (Å²) in [5.74, 6) is -0.151. The van der Waals surface area contributed by atoms with Crippen molar-refractivity contribution in [3.05, 3.63) is 16.5 Å². The molecule has 5 nitrogen and oxygen atoms in total. The van der Waals surface area contributed by atoms with Crippen LogP contribution in [0.15, 0.2) is 6.20 Å². The van der Waals surface area contributed by atoms with Crippen LogP contribution in [0.25, 0.3) is 0 Å². The van der Waals surface area contributed by atoms with Gasteiger partial charge >= 0.3 is 0 Å². The fourth-order valence-corrected chi connectivity index (χ4v) is 1.44. The lowest BCUT2D eigenvalue weighted by Crippen LogP contribution is -2.39. The minimum absolute atomic E-state index is 0.0160. The Balaban J connectivity index is 2.93. The smallest absolute Gasteiger partial charge is 0.240 e. The molecule has 0 aliphatic rings. The summed E-state index contributed by atoms with van der Waals surface area (Å²) in [6.45, 7) is 3.72. The molecule has 0 aliphatic carbocycles. The minimum atomic E-state index is -0.552. The molecule has 3 N–H and O–H groups in total. The lowest BCUT2D eigenvalue weighted by molar-refractivity contribution is -0.119. The number of hydrogen-bond donors (Lipinski definition) is 2. The maximum Gasteiger partial charge on any atom is 0.240 e. The summed E-state index contributed by atoms with van der Waals surface area (Å²) in [5, 5.41) is 3.19. The van der Waals surface area contributed by atoms with E-state index in [1.165, 1.54) is 6.20 Å². The number of nitrogens with two attached hydrogens (primary N) is 1. The fourth-order valence-electron chi connectivity index (χ4n) is 1.16. The molecule has 1 amide bonds. The molecule has 1 heterocycles. The number of carbonyl (C=O) groups excluding carboxylic acids is 1. The minimum Gasteiger partial charge on any atom is -0.368 e. The molecular weight excluding hydrogens is 251 g/mol. The highest BCUT2D eigenvalue weighted by Crippen LogP contribution is 2.21. The SMILES string of the molecule is CC(C)C(Nc1nc(Cl)ncc1Cl)C(N)=O. The first-order chi connectivity index (χ1) is 7.41. The molecule has 0 aromatic carbocycles. The van der Waals surface area contributed by atoms with Crippen LogP contribution in [0.2, 0.25) is 10.3 Å². The van der Waals surface area contributed by atoms with Crippen molar-refractivity contribution < 1.29 is 4.79 Å². The van der Waals surface area contributed by atoms with Crippen LogP contribution in [-0.4, -0.2) is 21.9 Å². The Hall–Kier alpha value is -1.07. The molecule has 1 aromatic heterocycles. The Bertz CT molecular complexity index is 397. The number of primary amides is 1. The van der Waals surface area contributed by atoms with Crippen molar-refractivity contribution in [2.45, 2.75) is 19.9 Å². The van der Waals surface area contributed by atoms with Crippen LogP contribution in [0.4, 0.5) is 5.82 Å². The van der Waals surface area contributed by atoms with Gasteiger partial charge in [-0.05, 0) is 17.5 Å². The van der Waals surface area contributed by atoms with Crippen molar-refractivity contribution in [3.8, 4) is 0 Å². The summed E-state index contributed by atoms with van der Waals surface area (Å²) in [4.78, 5) is 18.8. The molecule has 1 aromatic rings. The predicted molar refractivity (Wildman–Crippen MR) is 63.5 cm³/mol. The van der Waals surface area contributed by atoms with Gasteiger partial charge in [0.2, 0.25) is 11.2 Å². The third kappa shape index (κ3) is 3.21. The molecule has 0 spiro atoms. The predicted octanol–water partition coefficient (Wildman–Crippen LogP) is 1.71. The molecule has 16 heavy (non-hydrogen) atoms. The summed E-state index contributed by atoms with van der Waals surface area (Å²) in [5.41, 5.74) is 5.25. The highest BCUT2D eigenvalue weighted by molar-refractivity contribution is 6.33. The zero-order valence-electron chi connectivity index (χ0n) is 8.87. The Morgan fingerprint density at radius 3 is 2.62 bits per heavy atom. The van der Waals surface area contributed by atoms with E-state index in [1.54, 1.807) is 0 Å². The average Bonchev–Trinajstić information content (AvgIpc) is 2.18. The lowest BCUT2D eigenvalue weighted by atomic mass is 10.0. The van der Waals surface area contributed by atoms with Crippen molar-refractivity contribution in [1.29, 1.82) is 0 Å². The molecule has 0 radical (unpaired) electrons. The van der Waals surface area contributed by atoms with Gasteiger partial charge < -0.3 is 11.1 Å². The van der Waals surface area contributed by atoms with Crippen LogP contribution in [0.1, 0.15) is 13.8 Å². The summed E-state index contributed by atoms with van der Waals surface area (Å²) < 4.78 is 0. The second-order valence-corrected chi connectivity index (χ2v) is 4.35. The van der Waals surface area contributed by atoms with Gasteiger partial charge in [-0.25, -0.2) is 4.98 Å². The van der Waals surface area contributed by atoms with Crippen molar-refractivity contribution in [3.63, 3.8) is 0 Å². The van der Waals surface area contributed by atoms with Gasteiger partial charge in [-0.15, -0.1) is 0 Å². The number of carbonyl (C=O) groups is 1. The molecule has 88 valence electrons. The first-order valence-electron chi connectivity index (χ1n) is 4.65. The van der Waals surface area contributed by atoms with Crippen LogP contribution >= 0.6 is 23.2 Å². The summed E-state index contributed by atoms with van der Waals surface area (Å²) in [6.07, 6.45) is 1.36. The molecule has 1 rings (SSSR count). The summed E-state index contributed by atoms with van der Waals surface area (Å²) in [6, 6.07) is -0.552. The first kappa shape index (κ1) is 13.0. The van der Waals surface area contributed by atoms with Crippen molar-refractivity contribution in [2.75, 3.05) is 5.32 Å². The van der Waals surface area contributed by atoms with E-state index in [-0.39, 0.29) is 16.2 Å². The number of nitrogens with zero attached hydrogens (tertiary/aromatic N) is 2. The number of nitrogens with one attached hydrogen (secondary N) is 1. The quantitative estimate of drug-likeness (QED) is 0.810. The van der Waals surface area contributed by atoms with Gasteiger partial charge in [0.15, 0.2) is 5.82 Å². The van der Waals surface area contributed by atoms with Crippen LogP contribution in [0, 0.1) is 5.92 Å². The second-order valence-electron chi connectivity index (χ2n) is 3.60. The molecule has 1 unspecified atom stereocenters. The molecule has 0 saturated heterocycles. The third-order valence-electron chi connectivity index (χ3n) is 1.98. The molecule has 0 fully saturated rings. The summed E-state index contributed by atoms with van der Waals surface area (Å²) in [7, 11) is 0.